The van der Waals surface area contributed by atoms with Crippen molar-refractivity contribution in [2.24, 2.45) is 0 Å². The summed E-state index contributed by atoms with van der Waals surface area (Å²) in [5.41, 5.74) is 1.82. The minimum atomic E-state index is -0.392. The third-order valence-electron chi connectivity index (χ3n) is 5.46. The van der Waals surface area contributed by atoms with E-state index in [1.54, 1.807) is 36.4 Å². The Bertz CT molecular complexity index is 1170. The molecule has 31 heavy (non-hydrogen) atoms. The van der Waals surface area contributed by atoms with Crippen LogP contribution in [0.5, 0.6) is 11.5 Å². The second-order valence-corrected chi connectivity index (χ2v) is 7.42. The quantitative estimate of drug-likeness (QED) is 0.449. The molecule has 0 saturated carbocycles. The molecule has 0 saturated heterocycles. The summed E-state index contributed by atoms with van der Waals surface area (Å²) >= 11 is 0. The van der Waals surface area contributed by atoms with Crippen LogP contribution in [0.2, 0.25) is 0 Å². The van der Waals surface area contributed by atoms with Crippen LogP contribution in [0.1, 0.15) is 39.1 Å². The highest BCUT2D eigenvalue weighted by Crippen LogP contribution is 2.33. The molecule has 7 heteroatoms. The van der Waals surface area contributed by atoms with E-state index >= 15 is 0 Å². The number of hydrogen-bond acceptors (Lipinski definition) is 6. The van der Waals surface area contributed by atoms with Gasteiger partial charge in [0.15, 0.2) is 11.5 Å². The van der Waals surface area contributed by atoms with Crippen LogP contribution < -0.4 is 9.47 Å². The topological polar surface area (TPSA) is 82.1 Å². The van der Waals surface area contributed by atoms with Gasteiger partial charge in [0, 0.05) is 29.5 Å². The highest BCUT2D eigenvalue weighted by Gasteiger charge is 2.32. The van der Waals surface area contributed by atoms with Crippen LogP contribution in [-0.4, -0.2) is 36.0 Å². The number of nitrogens with zero attached hydrogens (tertiary/aromatic N) is 1. The van der Waals surface area contributed by atoms with E-state index < -0.39 is 5.97 Å². The first-order valence-corrected chi connectivity index (χ1v) is 10.0. The van der Waals surface area contributed by atoms with Gasteiger partial charge >= 0.3 is 5.97 Å². The Kier molecular flexibility index (Phi) is 4.78. The molecule has 0 atom stereocenters. The van der Waals surface area contributed by atoms with E-state index in [2.05, 4.69) is 0 Å². The molecule has 0 N–H and O–H groups in total. The molecule has 3 aromatic rings. The van der Waals surface area contributed by atoms with Crippen molar-refractivity contribution in [3.63, 3.8) is 0 Å². The molecular formula is C24H19NO6. The van der Waals surface area contributed by atoms with Gasteiger partial charge in [0.05, 0.1) is 0 Å². The molecule has 0 radical (unpaired) electrons. The predicted molar refractivity (Wildman–Crippen MR) is 111 cm³/mol. The van der Waals surface area contributed by atoms with Crippen LogP contribution in [0.25, 0.3) is 10.8 Å². The van der Waals surface area contributed by atoms with Gasteiger partial charge in [-0.1, -0.05) is 30.3 Å². The summed E-state index contributed by atoms with van der Waals surface area (Å²) in [6.07, 6.45) is 0.434. The minimum Gasteiger partial charge on any atom is -0.461 e. The number of ether oxygens (including phenoxy) is 3. The SMILES string of the molecule is O=C(CCCN1C(=O)c2cccc3cccc(c23)C1=O)OCc1ccc2c(c1)OCO2. The molecular weight excluding hydrogens is 398 g/mol. The lowest BCUT2D eigenvalue weighted by atomic mass is 9.94. The van der Waals surface area contributed by atoms with Gasteiger partial charge in [-0.15, -0.1) is 0 Å². The van der Waals surface area contributed by atoms with E-state index in [0.717, 1.165) is 10.9 Å². The van der Waals surface area contributed by atoms with Crippen molar-refractivity contribution in [1.82, 2.24) is 4.90 Å². The summed E-state index contributed by atoms with van der Waals surface area (Å²) in [4.78, 5) is 39.1. The fraction of sp³-hybridized carbons (Fsp3) is 0.208. The van der Waals surface area contributed by atoms with Crippen LogP contribution in [-0.2, 0) is 16.1 Å². The average Bonchev–Trinajstić information content (AvgIpc) is 3.26. The summed E-state index contributed by atoms with van der Waals surface area (Å²) in [7, 11) is 0. The van der Waals surface area contributed by atoms with Gasteiger partial charge in [-0.05, 0) is 41.6 Å². The zero-order valence-corrected chi connectivity index (χ0v) is 16.6. The summed E-state index contributed by atoms with van der Waals surface area (Å²) in [5, 5.41) is 1.56. The maximum Gasteiger partial charge on any atom is 0.306 e. The highest BCUT2D eigenvalue weighted by atomic mass is 16.7. The normalized spacial score (nSPS) is 14.3. The molecule has 0 spiro atoms. The standard InChI is InChI=1S/C24H19NO6/c26-21(29-13-15-9-10-19-20(12-15)31-14-30-19)8-3-11-25-23(27)17-6-1-4-16-5-2-7-18(22(16)17)24(25)28/h1-2,4-7,9-10,12H,3,8,11,13-14H2. The summed E-state index contributed by atoms with van der Waals surface area (Å²) in [6, 6.07) is 16.2. The molecule has 0 unspecified atom stereocenters. The Morgan fingerprint density at radius 1 is 0.935 bits per heavy atom. The molecule has 0 aliphatic carbocycles. The number of benzene rings is 3. The van der Waals surface area contributed by atoms with Crippen molar-refractivity contribution >= 4 is 28.6 Å². The Balaban J connectivity index is 1.18. The van der Waals surface area contributed by atoms with Crippen molar-refractivity contribution in [1.29, 1.82) is 0 Å². The lowest BCUT2D eigenvalue weighted by Gasteiger charge is -2.27. The maximum absolute atomic E-state index is 12.9. The van der Waals surface area contributed by atoms with E-state index in [-0.39, 0.29) is 38.2 Å². The maximum atomic E-state index is 12.9. The van der Waals surface area contributed by atoms with Crippen molar-refractivity contribution in [2.75, 3.05) is 13.3 Å². The second kappa shape index (κ2) is 7.75. The molecule has 7 nitrogen and oxygen atoms in total. The molecule has 0 aromatic heterocycles. The van der Waals surface area contributed by atoms with Gasteiger partial charge in [0.25, 0.3) is 11.8 Å². The smallest absolute Gasteiger partial charge is 0.306 e. The van der Waals surface area contributed by atoms with E-state index in [1.165, 1.54) is 4.90 Å². The monoisotopic (exact) mass is 417 g/mol. The number of amides is 2. The fourth-order valence-corrected chi connectivity index (χ4v) is 3.93. The first kappa shape index (κ1) is 19.1. The number of hydrogen-bond donors (Lipinski definition) is 0. The largest absolute Gasteiger partial charge is 0.461 e. The molecule has 156 valence electrons. The third-order valence-corrected chi connectivity index (χ3v) is 5.46. The minimum absolute atomic E-state index is 0.105. The Morgan fingerprint density at radius 2 is 1.65 bits per heavy atom. The molecule has 0 bridgehead atoms. The molecule has 2 amide bonds. The number of carbonyl (C=O) groups excluding carboxylic acids is 3. The number of rotatable bonds is 6. The first-order valence-electron chi connectivity index (χ1n) is 10.0. The lowest BCUT2D eigenvalue weighted by molar-refractivity contribution is -0.145. The molecule has 3 aromatic carbocycles. The van der Waals surface area contributed by atoms with Crippen molar-refractivity contribution in [3.8, 4) is 11.5 Å². The highest BCUT2D eigenvalue weighted by molar-refractivity contribution is 6.25. The van der Waals surface area contributed by atoms with Gasteiger partial charge < -0.3 is 14.2 Å². The number of esters is 1. The van der Waals surface area contributed by atoms with Gasteiger partial charge in [-0.2, -0.15) is 0 Å². The van der Waals surface area contributed by atoms with Crippen molar-refractivity contribution in [2.45, 2.75) is 19.4 Å². The van der Waals surface area contributed by atoms with Gasteiger partial charge in [0.2, 0.25) is 6.79 Å². The Hall–Kier alpha value is -3.87. The van der Waals surface area contributed by atoms with E-state index in [9.17, 15) is 14.4 Å². The van der Waals surface area contributed by atoms with Crippen molar-refractivity contribution in [3.05, 3.63) is 71.3 Å². The van der Waals surface area contributed by atoms with Gasteiger partial charge in [-0.25, -0.2) is 0 Å². The van der Waals surface area contributed by atoms with Crippen LogP contribution >= 0.6 is 0 Å². The second-order valence-electron chi connectivity index (χ2n) is 7.42. The molecule has 2 heterocycles. The summed E-state index contributed by atoms with van der Waals surface area (Å²) in [5.74, 6) is 0.248. The zero-order chi connectivity index (χ0) is 21.4. The van der Waals surface area contributed by atoms with Crippen LogP contribution in [0.4, 0.5) is 0 Å². The zero-order valence-electron chi connectivity index (χ0n) is 16.6. The lowest BCUT2D eigenvalue weighted by Crippen LogP contribution is -2.41. The Labute approximate surface area is 178 Å². The predicted octanol–water partition coefficient (Wildman–Crippen LogP) is 3.69. The first-order chi connectivity index (χ1) is 15.1. The van der Waals surface area contributed by atoms with Gasteiger partial charge in [0.1, 0.15) is 6.61 Å². The fourth-order valence-electron chi connectivity index (χ4n) is 3.93. The van der Waals surface area contributed by atoms with Crippen LogP contribution in [0.3, 0.4) is 0 Å². The summed E-state index contributed by atoms with van der Waals surface area (Å²) in [6.45, 7) is 0.458. The molecule has 2 aliphatic heterocycles. The third kappa shape index (κ3) is 3.48. The van der Waals surface area contributed by atoms with E-state index in [0.29, 0.717) is 34.4 Å². The van der Waals surface area contributed by atoms with E-state index in [4.69, 9.17) is 14.2 Å². The molecule has 5 rings (SSSR count). The van der Waals surface area contributed by atoms with Crippen molar-refractivity contribution < 1.29 is 28.6 Å². The van der Waals surface area contributed by atoms with Crippen LogP contribution in [0.15, 0.2) is 54.6 Å². The number of fused-ring (bicyclic) bond motifs is 1. The van der Waals surface area contributed by atoms with E-state index in [1.807, 2.05) is 18.2 Å². The molecule has 0 fully saturated rings. The number of imide groups is 1. The Morgan fingerprint density at radius 3 is 2.39 bits per heavy atom. The average molecular weight is 417 g/mol. The van der Waals surface area contributed by atoms with Crippen LogP contribution in [0, 0.1) is 0 Å². The van der Waals surface area contributed by atoms with Gasteiger partial charge in [-0.3, -0.25) is 19.3 Å². The number of carbonyl (C=O) groups is 3. The molecule has 2 aliphatic rings. The summed E-state index contributed by atoms with van der Waals surface area (Å²) < 4.78 is 15.9.